The topological polar surface area (TPSA) is 56.0 Å². The highest BCUT2D eigenvalue weighted by Gasteiger charge is 2.18. The molecule has 0 saturated carbocycles. The Morgan fingerprint density at radius 3 is 2.76 bits per heavy atom. The number of nitrogens with zero attached hydrogens (tertiary/aromatic N) is 2. The summed E-state index contributed by atoms with van der Waals surface area (Å²) < 4.78 is 0. The van der Waals surface area contributed by atoms with Gasteiger partial charge in [0.2, 0.25) is 0 Å². The number of aromatic nitrogens is 1. The highest BCUT2D eigenvalue weighted by Crippen LogP contribution is 2.33. The summed E-state index contributed by atoms with van der Waals surface area (Å²) in [6, 6.07) is 4.82. The van der Waals surface area contributed by atoms with Crippen molar-refractivity contribution in [3.8, 4) is 0 Å². The SMILES string of the molecule is CCc1cc(C)nc2c(Cl)ccc([N+](=O)[O-])c12. The fraction of sp³-hybridized carbons (Fsp3) is 0.250. The zero-order valence-corrected chi connectivity index (χ0v) is 10.3. The van der Waals surface area contributed by atoms with Gasteiger partial charge in [0.15, 0.2) is 0 Å². The molecule has 0 spiro atoms. The van der Waals surface area contributed by atoms with Crippen LogP contribution in [0.25, 0.3) is 10.9 Å². The van der Waals surface area contributed by atoms with Gasteiger partial charge in [0, 0.05) is 11.8 Å². The lowest BCUT2D eigenvalue weighted by atomic mass is 10.0. The molecular formula is C12H11ClN2O2. The quantitative estimate of drug-likeness (QED) is 0.604. The summed E-state index contributed by atoms with van der Waals surface area (Å²) in [7, 11) is 0. The molecule has 0 radical (unpaired) electrons. The molecule has 0 aliphatic carbocycles. The molecular weight excluding hydrogens is 240 g/mol. The van der Waals surface area contributed by atoms with E-state index in [0.29, 0.717) is 22.3 Å². The minimum atomic E-state index is -0.394. The highest BCUT2D eigenvalue weighted by atomic mass is 35.5. The van der Waals surface area contributed by atoms with E-state index in [1.54, 1.807) is 0 Å². The Balaban J connectivity index is 2.97. The summed E-state index contributed by atoms with van der Waals surface area (Å²) in [6.07, 6.45) is 0.709. The Bertz CT molecular complexity index is 611. The molecule has 0 amide bonds. The summed E-state index contributed by atoms with van der Waals surface area (Å²) in [5.74, 6) is 0. The number of halogens is 1. The molecule has 0 unspecified atom stereocenters. The van der Waals surface area contributed by atoms with Crippen molar-refractivity contribution in [3.05, 3.63) is 44.6 Å². The first-order chi connectivity index (χ1) is 8.04. The molecule has 2 rings (SSSR count). The number of rotatable bonds is 2. The smallest absolute Gasteiger partial charge is 0.258 e. The summed E-state index contributed by atoms with van der Waals surface area (Å²) >= 11 is 6.05. The fourth-order valence-corrected chi connectivity index (χ4v) is 2.14. The zero-order chi connectivity index (χ0) is 12.6. The van der Waals surface area contributed by atoms with Crippen molar-refractivity contribution in [1.82, 2.24) is 4.98 Å². The molecule has 1 heterocycles. The number of fused-ring (bicyclic) bond motifs is 1. The highest BCUT2D eigenvalue weighted by molar-refractivity contribution is 6.35. The van der Waals surface area contributed by atoms with Crippen molar-refractivity contribution in [3.63, 3.8) is 0 Å². The number of benzene rings is 1. The van der Waals surface area contributed by atoms with Crippen molar-refractivity contribution in [2.45, 2.75) is 20.3 Å². The second kappa shape index (κ2) is 4.30. The lowest BCUT2D eigenvalue weighted by Gasteiger charge is -2.07. The molecule has 0 bridgehead atoms. The average molecular weight is 251 g/mol. The van der Waals surface area contributed by atoms with Crippen LogP contribution in [0.2, 0.25) is 5.02 Å². The predicted molar refractivity (Wildman–Crippen MR) is 67.5 cm³/mol. The number of nitro groups is 1. The lowest BCUT2D eigenvalue weighted by molar-refractivity contribution is -0.383. The third-order valence-electron chi connectivity index (χ3n) is 2.68. The van der Waals surface area contributed by atoms with Gasteiger partial charge in [-0.15, -0.1) is 0 Å². The number of non-ortho nitro benzene ring substituents is 1. The maximum absolute atomic E-state index is 11.0. The minimum absolute atomic E-state index is 0.0637. The third-order valence-corrected chi connectivity index (χ3v) is 2.98. The first-order valence-electron chi connectivity index (χ1n) is 5.27. The Hall–Kier alpha value is -1.68. The normalized spacial score (nSPS) is 10.8. The third kappa shape index (κ3) is 1.96. The van der Waals surface area contributed by atoms with Crippen molar-refractivity contribution in [2.75, 3.05) is 0 Å². The van der Waals surface area contributed by atoms with Crippen LogP contribution in [0.15, 0.2) is 18.2 Å². The maximum Gasteiger partial charge on any atom is 0.279 e. The van der Waals surface area contributed by atoms with Crippen molar-refractivity contribution in [2.24, 2.45) is 0 Å². The number of hydrogen-bond donors (Lipinski definition) is 0. The molecule has 1 aromatic heterocycles. The largest absolute Gasteiger partial charge is 0.279 e. The van der Waals surface area contributed by atoms with Crippen LogP contribution in [0.1, 0.15) is 18.2 Å². The van der Waals surface area contributed by atoms with Crippen LogP contribution in [0.3, 0.4) is 0 Å². The Kier molecular flexibility index (Phi) is 2.98. The van der Waals surface area contributed by atoms with Gasteiger partial charge in [-0.05, 0) is 31.0 Å². The van der Waals surface area contributed by atoms with E-state index < -0.39 is 4.92 Å². The fourth-order valence-electron chi connectivity index (χ4n) is 1.94. The molecule has 0 aliphatic heterocycles. The molecule has 5 heteroatoms. The van der Waals surface area contributed by atoms with Crippen molar-refractivity contribution >= 4 is 28.2 Å². The van der Waals surface area contributed by atoms with Gasteiger partial charge >= 0.3 is 0 Å². The minimum Gasteiger partial charge on any atom is -0.258 e. The van der Waals surface area contributed by atoms with Crippen molar-refractivity contribution < 1.29 is 4.92 Å². The summed E-state index contributed by atoms with van der Waals surface area (Å²) in [5, 5.41) is 12.0. The lowest BCUT2D eigenvalue weighted by Crippen LogP contribution is -1.97. The molecule has 0 aliphatic rings. The van der Waals surface area contributed by atoms with E-state index in [4.69, 9.17) is 11.6 Å². The molecule has 88 valence electrons. The van der Waals surface area contributed by atoms with Gasteiger partial charge < -0.3 is 0 Å². The first-order valence-corrected chi connectivity index (χ1v) is 5.65. The van der Waals surface area contributed by atoms with Gasteiger partial charge in [-0.3, -0.25) is 15.1 Å². The maximum atomic E-state index is 11.0. The molecule has 2 aromatic rings. The van der Waals surface area contributed by atoms with Crippen molar-refractivity contribution in [1.29, 1.82) is 0 Å². The first kappa shape index (κ1) is 11.8. The van der Waals surface area contributed by atoms with E-state index in [9.17, 15) is 10.1 Å². The van der Waals surface area contributed by atoms with Crippen LogP contribution in [-0.2, 0) is 6.42 Å². The van der Waals surface area contributed by atoms with E-state index in [0.717, 1.165) is 11.3 Å². The molecule has 0 N–H and O–H groups in total. The molecule has 17 heavy (non-hydrogen) atoms. The van der Waals surface area contributed by atoms with Gasteiger partial charge in [-0.1, -0.05) is 18.5 Å². The van der Waals surface area contributed by atoms with Gasteiger partial charge in [0.25, 0.3) is 5.69 Å². The van der Waals surface area contributed by atoms with E-state index in [-0.39, 0.29) is 5.69 Å². The standard InChI is InChI=1S/C12H11ClN2O2/c1-3-8-6-7(2)14-12-9(13)4-5-10(11(8)12)15(16)17/h4-6H,3H2,1-2H3. The Morgan fingerprint density at radius 1 is 1.47 bits per heavy atom. The summed E-state index contributed by atoms with van der Waals surface area (Å²) in [5.41, 5.74) is 2.30. The van der Waals surface area contributed by atoms with E-state index in [2.05, 4.69) is 4.98 Å². The van der Waals surface area contributed by atoms with Crippen LogP contribution in [0.5, 0.6) is 0 Å². The van der Waals surface area contributed by atoms with E-state index >= 15 is 0 Å². The number of aryl methyl sites for hydroxylation is 2. The van der Waals surface area contributed by atoms with Crippen LogP contribution < -0.4 is 0 Å². The zero-order valence-electron chi connectivity index (χ0n) is 9.53. The average Bonchev–Trinajstić information content (AvgIpc) is 2.29. The number of hydrogen-bond acceptors (Lipinski definition) is 3. The molecule has 0 fully saturated rings. The van der Waals surface area contributed by atoms with Crippen LogP contribution in [0, 0.1) is 17.0 Å². The van der Waals surface area contributed by atoms with E-state index in [1.165, 1.54) is 12.1 Å². The van der Waals surface area contributed by atoms with Gasteiger partial charge in [-0.2, -0.15) is 0 Å². The van der Waals surface area contributed by atoms with Crippen LogP contribution in [-0.4, -0.2) is 9.91 Å². The molecule has 0 saturated heterocycles. The molecule has 1 aromatic carbocycles. The second-order valence-corrected chi connectivity index (χ2v) is 4.23. The summed E-state index contributed by atoms with van der Waals surface area (Å²) in [4.78, 5) is 14.9. The Morgan fingerprint density at radius 2 is 2.18 bits per heavy atom. The van der Waals surface area contributed by atoms with Crippen LogP contribution >= 0.6 is 11.6 Å². The molecule has 4 nitrogen and oxygen atoms in total. The van der Waals surface area contributed by atoms with Gasteiger partial charge in [-0.25, -0.2) is 0 Å². The van der Waals surface area contributed by atoms with Crippen LogP contribution in [0.4, 0.5) is 5.69 Å². The molecule has 0 atom stereocenters. The Labute approximate surface area is 103 Å². The number of nitro benzene ring substituents is 1. The predicted octanol–water partition coefficient (Wildman–Crippen LogP) is 3.67. The van der Waals surface area contributed by atoms with Gasteiger partial charge in [0.05, 0.1) is 20.8 Å². The monoisotopic (exact) mass is 250 g/mol. The van der Waals surface area contributed by atoms with E-state index in [1.807, 2.05) is 19.9 Å². The second-order valence-electron chi connectivity index (χ2n) is 3.82. The van der Waals surface area contributed by atoms with Gasteiger partial charge in [0.1, 0.15) is 0 Å². The number of pyridine rings is 1. The summed E-state index contributed by atoms with van der Waals surface area (Å²) in [6.45, 7) is 3.81.